The van der Waals surface area contributed by atoms with E-state index in [1.807, 2.05) is 32.0 Å². The Morgan fingerprint density at radius 3 is 2.52 bits per heavy atom. The van der Waals surface area contributed by atoms with E-state index in [2.05, 4.69) is 37.4 Å². The topological polar surface area (TPSA) is 38.3 Å². The normalized spacial score (nSPS) is 16.9. The molecule has 0 unspecified atom stereocenters. The van der Waals surface area contributed by atoms with Crippen molar-refractivity contribution in [3.8, 4) is 5.75 Å². The van der Waals surface area contributed by atoms with Gasteiger partial charge in [0, 0.05) is 23.6 Å². The van der Waals surface area contributed by atoms with E-state index < -0.39 is 0 Å². The molecule has 2 aromatic carbocycles. The fourth-order valence-electron chi connectivity index (χ4n) is 3.14. The average molecular weight is 309 g/mol. The molecule has 1 atom stereocenters. The molecule has 0 bridgehead atoms. The van der Waals surface area contributed by atoms with Gasteiger partial charge < -0.3 is 10.1 Å². The Kier molecular flexibility index (Phi) is 4.12. The van der Waals surface area contributed by atoms with E-state index in [0.29, 0.717) is 6.42 Å². The maximum Gasteiger partial charge on any atom is 0.225 e. The van der Waals surface area contributed by atoms with Crippen molar-refractivity contribution < 1.29 is 9.53 Å². The summed E-state index contributed by atoms with van der Waals surface area (Å²) in [5, 5.41) is 3.01. The monoisotopic (exact) mass is 309 g/mol. The summed E-state index contributed by atoms with van der Waals surface area (Å²) in [4.78, 5) is 12.2. The summed E-state index contributed by atoms with van der Waals surface area (Å²) in [7, 11) is 0. The maximum absolute atomic E-state index is 12.2. The molecule has 1 aliphatic rings. The molecule has 0 fully saturated rings. The first-order chi connectivity index (χ1) is 11.0. The van der Waals surface area contributed by atoms with Crippen LogP contribution in [0, 0.1) is 13.8 Å². The third-order valence-electron chi connectivity index (χ3n) is 4.36. The first-order valence-electron chi connectivity index (χ1n) is 8.12. The van der Waals surface area contributed by atoms with Crippen LogP contribution >= 0.6 is 0 Å². The minimum atomic E-state index is 0.0352. The zero-order chi connectivity index (χ0) is 16.6. The second-order valence-corrected chi connectivity index (χ2v) is 6.53. The third-order valence-corrected chi connectivity index (χ3v) is 4.36. The molecule has 1 aliphatic heterocycles. The van der Waals surface area contributed by atoms with E-state index in [4.69, 9.17) is 4.74 Å². The number of anilines is 1. The van der Waals surface area contributed by atoms with Crippen LogP contribution < -0.4 is 10.1 Å². The Morgan fingerprint density at radius 2 is 1.78 bits per heavy atom. The number of carbonyl (C=O) groups is 1. The van der Waals surface area contributed by atoms with Crippen molar-refractivity contribution in [2.75, 3.05) is 5.32 Å². The van der Waals surface area contributed by atoms with Gasteiger partial charge in [-0.1, -0.05) is 24.3 Å². The molecule has 1 amide bonds. The number of aryl methyl sites for hydroxylation is 2. The third kappa shape index (κ3) is 3.09. The van der Waals surface area contributed by atoms with Crippen LogP contribution in [0.3, 0.4) is 0 Å². The molecule has 0 saturated carbocycles. The van der Waals surface area contributed by atoms with Crippen molar-refractivity contribution in [2.45, 2.75) is 46.1 Å². The molecule has 120 valence electrons. The van der Waals surface area contributed by atoms with E-state index in [9.17, 15) is 4.79 Å². The van der Waals surface area contributed by atoms with E-state index in [-0.39, 0.29) is 17.9 Å². The molecule has 3 rings (SSSR count). The number of carbonyl (C=O) groups excluding carboxylic acids is 1. The molecule has 1 N–H and O–H groups in total. The molecule has 2 aromatic rings. The minimum absolute atomic E-state index is 0.0352. The van der Waals surface area contributed by atoms with Crippen LogP contribution in [0.4, 0.5) is 5.69 Å². The lowest BCUT2D eigenvalue weighted by atomic mass is 9.83. The van der Waals surface area contributed by atoms with Crippen LogP contribution in [0.25, 0.3) is 0 Å². The van der Waals surface area contributed by atoms with Crippen LogP contribution in [-0.2, 0) is 4.79 Å². The number of nitrogens with one attached hydrogen (secondary N) is 1. The second-order valence-electron chi connectivity index (χ2n) is 6.53. The highest BCUT2D eigenvalue weighted by molar-refractivity contribution is 5.95. The molecule has 0 aromatic heterocycles. The predicted molar refractivity (Wildman–Crippen MR) is 93.2 cm³/mol. The van der Waals surface area contributed by atoms with E-state index >= 15 is 0 Å². The summed E-state index contributed by atoms with van der Waals surface area (Å²) in [6, 6.07) is 12.3. The van der Waals surface area contributed by atoms with Gasteiger partial charge in [-0.05, 0) is 56.5 Å². The quantitative estimate of drug-likeness (QED) is 0.902. The fraction of sp³-hybridized carbons (Fsp3) is 0.350. The number of hydrogen-bond acceptors (Lipinski definition) is 2. The summed E-state index contributed by atoms with van der Waals surface area (Å²) >= 11 is 0. The second kappa shape index (κ2) is 6.07. The number of hydrogen-bond donors (Lipinski definition) is 1. The molecule has 0 spiro atoms. The highest BCUT2D eigenvalue weighted by Gasteiger charge is 2.29. The van der Waals surface area contributed by atoms with Gasteiger partial charge in [-0.2, -0.15) is 0 Å². The Balaban J connectivity index is 2.12. The number of rotatable bonds is 3. The van der Waals surface area contributed by atoms with Gasteiger partial charge in [-0.25, -0.2) is 0 Å². The summed E-state index contributed by atoms with van der Waals surface area (Å²) in [5.41, 5.74) is 5.62. The van der Waals surface area contributed by atoms with Crippen molar-refractivity contribution in [3.05, 3.63) is 58.7 Å². The van der Waals surface area contributed by atoms with Crippen molar-refractivity contribution in [3.63, 3.8) is 0 Å². The average Bonchev–Trinajstić information content (AvgIpc) is 2.48. The molecule has 0 radical (unpaired) electrons. The van der Waals surface area contributed by atoms with Gasteiger partial charge >= 0.3 is 0 Å². The largest absolute Gasteiger partial charge is 0.491 e. The van der Waals surface area contributed by atoms with Gasteiger partial charge in [0.25, 0.3) is 0 Å². The van der Waals surface area contributed by atoms with Gasteiger partial charge in [-0.3, -0.25) is 4.79 Å². The molecular weight excluding hydrogens is 286 g/mol. The van der Waals surface area contributed by atoms with Crippen LogP contribution in [-0.4, -0.2) is 12.0 Å². The van der Waals surface area contributed by atoms with E-state index in [0.717, 1.165) is 17.0 Å². The summed E-state index contributed by atoms with van der Waals surface area (Å²) in [6.07, 6.45) is 0.557. The molecule has 3 heteroatoms. The first kappa shape index (κ1) is 15.6. The standard InChI is InChI=1S/C20H23NO2/c1-12(2)23-19-8-6-5-7-15(19)16-11-20(22)21-18-10-14(4)13(3)9-17(16)18/h5-10,12,16H,11H2,1-4H3,(H,21,22)/t16-/m1/s1. The van der Waals surface area contributed by atoms with Crippen molar-refractivity contribution in [1.29, 1.82) is 0 Å². The molecule has 3 nitrogen and oxygen atoms in total. The first-order valence-corrected chi connectivity index (χ1v) is 8.12. The Bertz CT molecular complexity index is 749. The smallest absolute Gasteiger partial charge is 0.225 e. The summed E-state index contributed by atoms with van der Waals surface area (Å²) in [6.45, 7) is 8.22. The van der Waals surface area contributed by atoms with Crippen molar-refractivity contribution in [1.82, 2.24) is 0 Å². The maximum atomic E-state index is 12.2. The number of benzene rings is 2. The highest BCUT2D eigenvalue weighted by Crippen LogP contribution is 2.41. The summed E-state index contributed by atoms with van der Waals surface area (Å²) < 4.78 is 5.97. The molecule has 0 aliphatic carbocycles. The Morgan fingerprint density at radius 1 is 1.09 bits per heavy atom. The van der Waals surface area contributed by atoms with Crippen LogP contribution in [0.5, 0.6) is 5.75 Å². The Labute approximate surface area is 137 Å². The molecule has 0 saturated heterocycles. The lowest BCUT2D eigenvalue weighted by molar-refractivity contribution is -0.116. The molecule has 1 heterocycles. The van der Waals surface area contributed by atoms with E-state index in [1.165, 1.54) is 16.7 Å². The van der Waals surface area contributed by atoms with Crippen LogP contribution in [0.2, 0.25) is 0 Å². The number of fused-ring (bicyclic) bond motifs is 1. The lowest BCUT2D eigenvalue weighted by Crippen LogP contribution is -2.24. The number of amides is 1. The zero-order valence-electron chi connectivity index (χ0n) is 14.1. The highest BCUT2D eigenvalue weighted by atomic mass is 16.5. The number of para-hydroxylation sites is 1. The Hall–Kier alpha value is -2.29. The van der Waals surface area contributed by atoms with Crippen LogP contribution in [0.1, 0.15) is 48.4 Å². The lowest BCUT2D eigenvalue weighted by Gasteiger charge is -2.28. The molecule has 23 heavy (non-hydrogen) atoms. The fourth-order valence-corrected chi connectivity index (χ4v) is 3.14. The van der Waals surface area contributed by atoms with E-state index in [1.54, 1.807) is 0 Å². The van der Waals surface area contributed by atoms with Crippen molar-refractivity contribution >= 4 is 11.6 Å². The summed E-state index contributed by atoms with van der Waals surface area (Å²) in [5.74, 6) is 0.962. The van der Waals surface area contributed by atoms with Gasteiger partial charge in [0.05, 0.1) is 6.10 Å². The SMILES string of the molecule is Cc1cc2c(cc1C)[C@@H](c1ccccc1OC(C)C)CC(=O)N2. The van der Waals surface area contributed by atoms with Crippen LogP contribution in [0.15, 0.2) is 36.4 Å². The molecular formula is C20H23NO2. The van der Waals surface area contributed by atoms with Gasteiger partial charge in [0.1, 0.15) is 5.75 Å². The number of ether oxygens (including phenoxy) is 1. The predicted octanol–water partition coefficient (Wildman–Crippen LogP) is 4.56. The van der Waals surface area contributed by atoms with Gasteiger partial charge in [0.2, 0.25) is 5.91 Å². The minimum Gasteiger partial charge on any atom is -0.491 e. The zero-order valence-corrected chi connectivity index (χ0v) is 14.1. The van der Waals surface area contributed by atoms with Gasteiger partial charge in [-0.15, -0.1) is 0 Å². The van der Waals surface area contributed by atoms with Gasteiger partial charge in [0.15, 0.2) is 0 Å². The van der Waals surface area contributed by atoms with Crippen molar-refractivity contribution in [2.24, 2.45) is 0 Å².